The fourth-order valence-corrected chi connectivity index (χ4v) is 2.03. The highest BCUT2D eigenvalue weighted by Crippen LogP contribution is 2.09. The van der Waals surface area contributed by atoms with Crippen LogP contribution in [0.2, 0.25) is 0 Å². The first-order chi connectivity index (χ1) is 9.29. The minimum atomic E-state index is 0.672. The van der Waals surface area contributed by atoms with Gasteiger partial charge in [-0.15, -0.1) is 0 Å². The zero-order valence-corrected chi connectivity index (χ0v) is 11.7. The second-order valence-electron chi connectivity index (χ2n) is 4.19. The molecule has 0 spiro atoms. The van der Waals surface area contributed by atoms with Gasteiger partial charge in [0.1, 0.15) is 5.75 Å². The summed E-state index contributed by atoms with van der Waals surface area (Å²) in [5, 5.41) is 8.11. The van der Waals surface area contributed by atoms with Crippen LogP contribution in [0.15, 0.2) is 29.4 Å². The average Bonchev–Trinajstić information content (AvgIpc) is 2.49. The van der Waals surface area contributed by atoms with Crippen LogP contribution in [-0.4, -0.2) is 49.5 Å². The fourth-order valence-electron chi connectivity index (χ4n) is 1.79. The molecule has 102 valence electrons. The van der Waals surface area contributed by atoms with Gasteiger partial charge in [0.15, 0.2) is 5.11 Å². The number of nitrogens with zero attached hydrogens (tertiary/aromatic N) is 2. The number of ether oxygens (including phenoxy) is 1. The first kappa shape index (κ1) is 13.8. The van der Waals surface area contributed by atoms with Gasteiger partial charge in [0, 0.05) is 26.2 Å². The van der Waals surface area contributed by atoms with Gasteiger partial charge in [0.25, 0.3) is 0 Å². The van der Waals surface area contributed by atoms with Crippen LogP contribution >= 0.6 is 12.2 Å². The summed E-state index contributed by atoms with van der Waals surface area (Å²) in [6.45, 7) is 3.77. The van der Waals surface area contributed by atoms with Gasteiger partial charge in [-0.1, -0.05) is 0 Å². The number of benzene rings is 1. The zero-order valence-electron chi connectivity index (χ0n) is 10.9. The quantitative estimate of drug-likeness (QED) is 0.487. The van der Waals surface area contributed by atoms with E-state index in [2.05, 4.69) is 20.7 Å². The van der Waals surface area contributed by atoms with Crippen LogP contribution in [-0.2, 0) is 0 Å². The maximum absolute atomic E-state index is 5.28. The lowest BCUT2D eigenvalue weighted by Crippen LogP contribution is -2.49. The number of rotatable bonds is 3. The molecule has 1 aliphatic heterocycles. The van der Waals surface area contributed by atoms with Crippen LogP contribution in [0, 0.1) is 0 Å². The highest BCUT2D eigenvalue weighted by Gasteiger charge is 2.11. The molecular weight excluding hydrogens is 260 g/mol. The number of hydrogen-bond donors (Lipinski definition) is 2. The van der Waals surface area contributed by atoms with Gasteiger partial charge in [-0.2, -0.15) is 5.10 Å². The molecule has 1 aromatic carbocycles. The summed E-state index contributed by atoms with van der Waals surface area (Å²) in [5.41, 5.74) is 3.89. The fraction of sp³-hybridized carbons (Fsp3) is 0.385. The standard InChI is InChI=1S/C13H18N4OS/c1-18-12-4-2-11(3-5-12)10-15-16-13(19)17-8-6-14-7-9-17/h2-5,10,14H,6-9H2,1H3,(H,16,19)/b15-10+. The van der Waals surface area contributed by atoms with Crippen molar-refractivity contribution in [3.63, 3.8) is 0 Å². The number of hydrazone groups is 1. The molecule has 2 N–H and O–H groups in total. The van der Waals surface area contributed by atoms with Crippen LogP contribution in [0.3, 0.4) is 0 Å². The van der Waals surface area contributed by atoms with E-state index in [0.29, 0.717) is 5.11 Å². The normalized spacial score (nSPS) is 15.5. The largest absolute Gasteiger partial charge is 0.497 e. The summed E-state index contributed by atoms with van der Waals surface area (Å²) >= 11 is 5.28. The van der Waals surface area contributed by atoms with E-state index in [1.54, 1.807) is 13.3 Å². The Labute approximate surface area is 118 Å². The third-order valence-corrected chi connectivity index (χ3v) is 3.24. The molecule has 6 heteroatoms. The lowest BCUT2D eigenvalue weighted by molar-refractivity contribution is 0.353. The number of piperazine rings is 1. The minimum Gasteiger partial charge on any atom is -0.497 e. The molecule has 0 unspecified atom stereocenters. The molecule has 2 rings (SSSR count). The Hall–Kier alpha value is -1.66. The second kappa shape index (κ2) is 7.06. The summed E-state index contributed by atoms with van der Waals surface area (Å²) in [7, 11) is 1.65. The zero-order chi connectivity index (χ0) is 13.5. The minimum absolute atomic E-state index is 0.672. The first-order valence-electron chi connectivity index (χ1n) is 6.22. The Balaban J connectivity index is 1.83. The molecule has 19 heavy (non-hydrogen) atoms. The van der Waals surface area contributed by atoms with E-state index in [1.165, 1.54) is 0 Å². The van der Waals surface area contributed by atoms with Crippen molar-refractivity contribution >= 4 is 23.5 Å². The van der Waals surface area contributed by atoms with Crippen LogP contribution in [0.5, 0.6) is 5.75 Å². The summed E-state index contributed by atoms with van der Waals surface area (Å²) < 4.78 is 5.10. The Morgan fingerprint density at radius 2 is 2.05 bits per heavy atom. The lowest BCUT2D eigenvalue weighted by Gasteiger charge is -2.28. The van der Waals surface area contributed by atoms with Crippen molar-refractivity contribution in [2.75, 3.05) is 33.3 Å². The van der Waals surface area contributed by atoms with Crippen molar-refractivity contribution in [1.29, 1.82) is 0 Å². The molecule has 1 aromatic rings. The van der Waals surface area contributed by atoms with Gasteiger partial charge in [-0.25, -0.2) is 0 Å². The summed E-state index contributed by atoms with van der Waals surface area (Å²) in [6.07, 6.45) is 1.74. The molecule has 1 saturated heterocycles. The van der Waals surface area contributed by atoms with Crippen molar-refractivity contribution in [3.8, 4) is 5.75 Å². The summed E-state index contributed by atoms with van der Waals surface area (Å²) in [6, 6.07) is 7.68. The van der Waals surface area contributed by atoms with Crippen LogP contribution in [0.4, 0.5) is 0 Å². The molecule has 0 radical (unpaired) electrons. The van der Waals surface area contributed by atoms with E-state index in [9.17, 15) is 0 Å². The predicted octanol–water partition coefficient (Wildman–Crippen LogP) is 0.809. The molecule has 0 bridgehead atoms. The molecule has 0 aromatic heterocycles. The first-order valence-corrected chi connectivity index (χ1v) is 6.63. The Kier molecular flexibility index (Phi) is 5.11. The number of nitrogens with one attached hydrogen (secondary N) is 2. The highest BCUT2D eigenvalue weighted by atomic mass is 32.1. The summed E-state index contributed by atoms with van der Waals surface area (Å²) in [5.74, 6) is 0.835. The molecule has 0 amide bonds. The predicted molar refractivity (Wildman–Crippen MR) is 80.8 cm³/mol. The molecule has 0 atom stereocenters. The third-order valence-electron chi connectivity index (χ3n) is 2.89. The molecule has 5 nitrogen and oxygen atoms in total. The summed E-state index contributed by atoms with van der Waals surface area (Å²) in [4.78, 5) is 2.11. The van der Waals surface area contributed by atoms with Crippen molar-refractivity contribution in [3.05, 3.63) is 29.8 Å². The SMILES string of the molecule is COc1ccc(/C=N/NC(=S)N2CCNCC2)cc1. The Bertz CT molecular complexity index is 440. The van der Waals surface area contributed by atoms with Gasteiger partial charge < -0.3 is 15.0 Å². The maximum atomic E-state index is 5.28. The van der Waals surface area contributed by atoms with Crippen molar-refractivity contribution in [1.82, 2.24) is 15.6 Å². The third kappa shape index (κ3) is 4.18. The molecule has 1 fully saturated rings. The van der Waals surface area contributed by atoms with Crippen LogP contribution in [0.25, 0.3) is 0 Å². The van der Waals surface area contributed by atoms with Gasteiger partial charge in [0.05, 0.1) is 13.3 Å². The number of methoxy groups -OCH3 is 1. The molecule has 1 aliphatic rings. The van der Waals surface area contributed by atoms with Crippen molar-refractivity contribution in [2.24, 2.45) is 5.10 Å². The highest BCUT2D eigenvalue weighted by molar-refractivity contribution is 7.80. The average molecular weight is 278 g/mol. The van der Waals surface area contributed by atoms with Crippen molar-refractivity contribution < 1.29 is 4.74 Å². The van der Waals surface area contributed by atoms with E-state index in [4.69, 9.17) is 17.0 Å². The lowest BCUT2D eigenvalue weighted by atomic mass is 10.2. The molecule has 1 heterocycles. The Morgan fingerprint density at radius 1 is 1.37 bits per heavy atom. The van der Waals surface area contributed by atoms with E-state index >= 15 is 0 Å². The smallest absolute Gasteiger partial charge is 0.189 e. The topological polar surface area (TPSA) is 48.9 Å². The Morgan fingerprint density at radius 3 is 2.68 bits per heavy atom. The maximum Gasteiger partial charge on any atom is 0.189 e. The van der Waals surface area contributed by atoms with Gasteiger partial charge >= 0.3 is 0 Å². The van der Waals surface area contributed by atoms with Crippen molar-refractivity contribution in [2.45, 2.75) is 0 Å². The van der Waals surface area contributed by atoms with Gasteiger partial charge in [0.2, 0.25) is 0 Å². The number of hydrogen-bond acceptors (Lipinski definition) is 4. The van der Waals surface area contributed by atoms with E-state index in [1.807, 2.05) is 24.3 Å². The van der Waals surface area contributed by atoms with E-state index in [0.717, 1.165) is 37.5 Å². The van der Waals surface area contributed by atoms with E-state index < -0.39 is 0 Å². The van der Waals surface area contributed by atoms with Crippen LogP contribution < -0.4 is 15.5 Å². The monoisotopic (exact) mass is 278 g/mol. The molecule has 0 saturated carbocycles. The van der Waals surface area contributed by atoms with Gasteiger partial charge in [-0.3, -0.25) is 5.43 Å². The molecule has 0 aliphatic carbocycles. The second-order valence-corrected chi connectivity index (χ2v) is 4.57. The molecular formula is C13H18N4OS. The number of thiocarbonyl (C=S) groups is 1. The van der Waals surface area contributed by atoms with Gasteiger partial charge in [-0.05, 0) is 42.0 Å². The van der Waals surface area contributed by atoms with E-state index in [-0.39, 0.29) is 0 Å². The van der Waals surface area contributed by atoms with Crippen LogP contribution in [0.1, 0.15) is 5.56 Å².